The summed E-state index contributed by atoms with van der Waals surface area (Å²) in [6.07, 6.45) is 4.95. The Morgan fingerprint density at radius 1 is 1.06 bits per heavy atom. The number of benzene rings is 1. The molecular formula is C16H21NO. The molecule has 0 amide bonds. The van der Waals surface area contributed by atoms with Crippen molar-refractivity contribution in [3.8, 4) is 0 Å². The van der Waals surface area contributed by atoms with Gasteiger partial charge in [0.05, 0.1) is 6.26 Å². The third-order valence-electron chi connectivity index (χ3n) is 3.15. The second-order valence-corrected chi connectivity index (χ2v) is 4.71. The van der Waals surface area contributed by atoms with Crippen LogP contribution in [0.5, 0.6) is 0 Å². The van der Waals surface area contributed by atoms with Crippen LogP contribution in [0, 0.1) is 0 Å². The summed E-state index contributed by atoms with van der Waals surface area (Å²) < 4.78 is 5.33. The second-order valence-electron chi connectivity index (χ2n) is 4.71. The van der Waals surface area contributed by atoms with Crippen LogP contribution in [0.4, 0.5) is 0 Å². The molecule has 1 unspecified atom stereocenters. The molecule has 0 bridgehead atoms. The van der Waals surface area contributed by atoms with Gasteiger partial charge in [-0.05, 0) is 44.0 Å². The smallest absolute Gasteiger partial charge is 0.103 e. The molecule has 1 aromatic carbocycles. The number of hydrogen-bond donors (Lipinski definition) is 1. The maximum Gasteiger partial charge on any atom is 0.103 e. The van der Waals surface area contributed by atoms with Gasteiger partial charge in [-0.25, -0.2) is 0 Å². The number of furan rings is 1. The van der Waals surface area contributed by atoms with E-state index in [9.17, 15) is 0 Å². The van der Waals surface area contributed by atoms with E-state index in [4.69, 9.17) is 4.42 Å². The lowest BCUT2D eigenvalue weighted by atomic mass is 10.1. The highest BCUT2D eigenvalue weighted by molar-refractivity contribution is 5.14. The number of aryl methyl sites for hydroxylation is 1. The van der Waals surface area contributed by atoms with Crippen molar-refractivity contribution in [1.82, 2.24) is 5.32 Å². The van der Waals surface area contributed by atoms with Gasteiger partial charge in [-0.1, -0.05) is 30.3 Å². The normalized spacial score (nSPS) is 12.5. The highest BCUT2D eigenvalue weighted by Gasteiger charge is 2.03. The summed E-state index contributed by atoms with van der Waals surface area (Å²) in [5.74, 6) is 1.08. The summed E-state index contributed by atoms with van der Waals surface area (Å²) in [6.45, 7) is 3.26. The van der Waals surface area contributed by atoms with Crippen LogP contribution in [0.25, 0.3) is 0 Å². The Morgan fingerprint density at radius 3 is 2.61 bits per heavy atom. The summed E-state index contributed by atoms with van der Waals surface area (Å²) in [6, 6.07) is 15.1. The molecule has 2 rings (SSSR count). The lowest BCUT2D eigenvalue weighted by Gasteiger charge is -2.12. The first-order valence-corrected chi connectivity index (χ1v) is 6.64. The Morgan fingerprint density at radius 2 is 1.89 bits per heavy atom. The summed E-state index contributed by atoms with van der Waals surface area (Å²) in [7, 11) is 0. The van der Waals surface area contributed by atoms with Crippen molar-refractivity contribution in [3.63, 3.8) is 0 Å². The SMILES string of the molecule is CC(CCc1ccco1)NCCc1ccccc1. The van der Waals surface area contributed by atoms with Crippen LogP contribution in [-0.4, -0.2) is 12.6 Å². The minimum Gasteiger partial charge on any atom is -0.469 e. The zero-order chi connectivity index (χ0) is 12.6. The van der Waals surface area contributed by atoms with Crippen LogP contribution >= 0.6 is 0 Å². The van der Waals surface area contributed by atoms with Gasteiger partial charge >= 0.3 is 0 Å². The Hall–Kier alpha value is -1.54. The van der Waals surface area contributed by atoms with Gasteiger partial charge in [0, 0.05) is 12.5 Å². The van der Waals surface area contributed by atoms with Crippen molar-refractivity contribution < 1.29 is 4.42 Å². The fraction of sp³-hybridized carbons (Fsp3) is 0.375. The molecule has 0 aliphatic rings. The van der Waals surface area contributed by atoms with E-state index < -0.39 is 0 Å². The molecule has 2 nitrogen and oxygen atoms in total. The van der Waals surface area contributed by atoms with Crippen LogP contribution in [0.3, 0.4) is 0 Å². The third kappa shape index (κ3) is 4.38. The summed E-state index contributed by atoms with van der Waals surface area (Å²) in [4.78, 5) is 0. The van der Waals surface area contributed by atoms with Gasteiger partial charge in [0.15, 0.2) is 0 Å². The standard InChI is InChI=1S/C16H21NO/c1-14(9-10-16-8-5-13-18-16)17-12-11-15-6-3-2-4-7-15/h2-8,13-14,17H,9-12H2,1H3. The Labute approximate surface area is 109 Å². The molecule has 1 heterocycles. The molecule has 0 saturated heterocycles. The van der Waals surface area contributed by atoms with Crippen molar-refractivity contribution in [1.29, 1.82) is 0 Å². The summed E-state index contributed by atoms with van der Waals surface area (Å²) >= 11 is 0. The van der Waals surface area contributed by atoms with Crippen LogP contribution in [0.15, 0.2) is 53.1 Å². The van der Waals surface area contributed by atoms with E-state index in [2.05, 4.69) is 42.6 Å². The Kier molecular flexibility index (Phi) is 5.03. The van der Waals surface area contributed by atoms with Gasteiger partial charge in [-0.15, -0.1) is 0 Å². The molecule has 0 radical (unpaired) electrons. The van der Waals surface area contributed by atoms with Gasteiger partial charge in [0.25, 0.3) is 0 Å². The summed E-state index contributed by atoms with van der Waals surface area (Å²) in [5.41, 5.74) is 1.39. The molecule has 0 aliphatic carbocycles. The van der Waals surface area contributed by atoms with Crippen molar-refractivity contribution in [2.45, 2.75) is 32.2 Å². The van der Waals surface area contributed by atoms with Crippen LogP contribution in [0.2, 0.25) is 0 Å². The van der Waals surface area contributed by atoms with Gasteiger partial charge in [0.1, 0.15) is 5.76 Å². The number of hydrogen-bond acceptors (Lipinski definition) is 2. The van der Waals surface area contributed by atoms with Crippen LogP contribution < -0.4 is 5.32 Å². The molecule has 0 saturated carbocycles. The first kappa shape index (κ1) is 12.9. The Balaban J connectivity index is 1.61. The fourth-order valence-electron chi connectivity index (χ4n) is 2.02. The van der Waals surface area contributed by atoms with E-state index in [1.165, 1.54) is 5.56 Å². The van der Waals surface area contributed by atoms with E-state index in [1.807, 2.05) is 12.1 Å². The minimum atomic E-state index is 0.527. The lowest BCUT2D eigenvalue weighted by Crippen LogP contribution is -2.28. The lowest BCUT2D eigenvalue weighted by molar-refractivity contribution is 0.462. The van der Waals surface area contributed by atoms with Gasteiger partial charge < -0.3 is 9.73 Å². The molecule has 0 spiro atoms. The van der Waals surface area contributed by atoms with E-state index in [-0.39, 0.29) is 0 Å². The van der Waals surface area contributed by atoms with Crippen molar-refractivity contribution >= 4 is 0 Å². The highest BCUT2D eigenvalue weighted by Crippen LogP contribution is 2.06. The fourth-order valence-corrected chi connectivity index (χ4v) is 2.02. The monoisotopic (exact) mass is 243 g/mol. The zero-order valence-corrected chi connectivity index (χ0v) is 10.9. The Bertz CT molecular complexity index is 422. The largest absolute Gasteiger partial charge is 0.469 e. The van der Waals surface area contributed by atoms with E-state index in [0.717, 1.165) is 31.6 Å². The maximum absolute atomic E-state index is 5.33. The molecule has 0 fully saturated rings. The molecule has 2 heteroatoms. The zero-order valence-electron chi connectivity index (χ0n) is 10.9. The first-order valence-electron chi connectivity index (χ1n) is 6.64. The molecule has 2 aromatic rings. The predicted octanol–water partition coefficient (Wildman–Crippen LogP) is 3.43. The van der Waals surface area contributed by atoms with E-state index >= 15 is 0 Å². The van der Waals surface area contributed by atoms with E-state index in [1.54, 1.807) is 6.26 Å². The van der Waals surface area contributed by atoms with Crippen LogP contribution in [-0.2, 0) is 12.8 Å². The quantitative estimate of drug-likeness (QED) is 0.806. The first-order chi connectivity index (χ1) is 8.84. The van der Waals surface area contributed by atoms with Gasteiger partial charge in [-0.3, -0.25) is 0 Å². The topological polar surface area (TPSA) is 25.2 Å². The minimum absolute atomic E-state index is 0.527. The molecule has 1 aromatic heterocycles. The molecule has 96 valence electrons. The van der Waals surface area contributed by atoms with Gasteiger partial charge in [-0.2, -0.15) is 0 Å². The van der Waals surface area contributed by atoms with Crippen molar-refractivity contribution in [2.75, 3.05) is 6.54 Å². The average molecular weight is 243 g/mol. The molecule has 1 atom stereocenters. The number of nitrogens with one attached hydrogen (secondary N) is 1. The van der Waals surface area contributed by atoms with Crippen LogP contribution in [0.1, 0.15) is 24.7 Å². The molecule has 1 N–H and O–H groups in total. The predicted molar refractivity (Wildman–Crippen MR) is 74.6 cm³/mol. The highest BCUT2D eigenvalue weighted by atomic mass is 16.3. The van der Waals surface area contributed by atoms with Crippen molar-refractivity contribution in [2.24, 2.45) is 0 Å². The average Bonchev–Trinajstić information content (AvgIpc) is 2.91. The van der Waals surface area contributed by atoms with Crippen molar-refractivity contribution in [3.05, 3.63) is 60.1 Å². The second kappa shape index (κ2) is 7.02. The summed E-state index contributed by atoms with van der Waals surface area (Å²) in [5, 5.41) is 3.55. The third-order valence-corrected chi connectivity index (χ3v) is 3.15. The molecule has 18 heavy (non-hydrogen) atoms. The number of rotatable bonds is 7. The van der Waals surface area contributed by atoms with E-state index in [0.29, 0.717) is 6.04 Å². The van der Waals surface area contributed by atoms with Gasteiger partial charge in [0.2, 0.25) is 0 Å². The molecule has 0 aliphatic heterocycles. The molecular weight excluding hydrogens is 222 g/mol. The maximum atomic E-state index is 5.33.